The van der Waals surface area contributed by atoms with E-state index in [9.17, 15) is 4.79 Å². The first kappa shape index (κ1) is 15.9. The number of furan rings is 1. The minimum atomic E-state index is -0.401. The van der Waals surface area contributed by atoms with E-state index >= 15 is 0 Å². The molecule has 0 saturated carbocycles. The molecule has 0 atom stereocenters. The summed E-state index contributed by atoms with van der Waals surface area (Å²) >= 11 is 0. The normalized spacial score (nSPS) is 11.1. The van der Waals surface area contributed by atoms with Gasteiger partial charge in [0.15, 0.2) is 11.3 Å². The first-order valence-corrected chi connectivity index (χ1v) is 7.55. The lowest BCUT2D eigenvalue weighted by Crippen LogP contribution is -1.93. The summed E-state index contributed by atoms with van der Waals surface area (Å²) in [4.78, 5) is 11.3. The molecule has 3 aromatic rings. The zero-order chi connectivity index (χ0) is 17.1. The molecule has 0 aliphatic rings. The molecule has 0 aliphatic carbocycles. The van der Waals surface area contributed by atoms with Gasteiger partial charge in [-0.1, -0.05) is 23.8 Å². The van der Waals surface area contributed by atoms with E-state index in [2.05, 4.69) is 10.8 Å². The van der Waals surface area contributed by atoms with Gasteiger partial charge in [0.25, 0.3) is 0 Å². The molecule has 0 fully saturated rings. The van der Waals surface area contributed by atoms with Gasteiger partial charge in [-0.05, 0) is 42.8 Å². The molecule has 0 radical (unpaired) electrons. The lowest BCUT2D eigenvalue weighted by molar-refractivity contribution is -0.134. The second-order valence-corrected chi connectivity index (χ2v) is 5.48. The first-order valence-electron chi connectivity index (χ1n) is 7.55. The van der Waals surface area contributed by atoms with E-state index in [1.54, 1.807) is 13.2 Å². The van der Waals surface area contributed by atoms with Crippen LogP contribution in [-0.2, 0) is 9.53 Å². The van der Waals surface area contributed by atoms with E-state index in [0.29, 0.717) is 11.3 Å². The summed E-state index contributed by atoms with van der Waals surface area (Å²) in [5, 5.41) is 0.912. The van der Waals surface area contributed by atoms with Gasteiger partial charge in [0.2, 0.25) is 0 Å². The Morgan fingerprint density at radius 1 is 1.12 bits per heavy atom. The molecule has 2 aromatic carbocycles. The Hall–Kier alpha value is -3.01. The number of ether oxygens (including phenoxy) is 2. The van der Waals surface area contributed by atoms with Crippen LogP contribution in [0, 0.1) is 6.92 Å². The first-order chi connectivity index (χ1) is 11.6. The van der Waals surface area contributed by atoms with E-state index in [4.69, 9.17) is 9.15 Å². The SMILES string of the molecule is COC(=O)/C=C/c1cc(OC)c2oc(-c3cccc(C)c3)cc2c1. The van der Waals surface area contributed by atoms with E-state index in [1.807, 2.05) is 43.3 Å². The van der Waals surface area contributed by atoms with Crippen molar-refractivity contribution in [3.63, 3.8) is 0 Å². The molecule has 3 rings (SSSR count). The summed E-state index contributed by atoms with van der Waals surface area (Å²) in [5.41, 5.74) is 3.70. The maximum atomic E-state index is 11.3. The molecular formula is C20H18O4. The van der Waals surface area contributed by atoms with Crippen molar-refractivity contribution in [1.82, 2.24) is 0 Å². The van der Waals surface area contributed by atoms with E-state index < -0.39 is 5.97 Å². The molecule has 1 aromatic heterocycles. The highest BCUT2D eigenvalue weighted by molar-refractivity contribution is 5.92. The molecule has 122 valence electrons. The fourth-order valence-electron chi connectivity index (χ4n) is 2.56. The van der Waals surface area contributed by atoms with Gasteiger partial charge in [-0.25, -0.2) is 4.79 Å². The fraction of sp³-hybridized carbons (Fsp3) is 0.150. The number of esters is 1. The maximum absolute atomic E-state index is 11.3. The summed E-state index contributed by atoms with van der Waals surface area (Å²) < 4.78 is 16.0. The van der Waals surface area contributed by atoms with Crippen LogP contribution in [0.2, 0.25) is 0 Å². The van der Waals surface area contributed by atoms with Crippen molar-refractivity contribution in [2.24, 2.45) is 0 Å². The molecule has 1 heterocycles. The van der Waals surface area contributed by atoms with Gasteiger partial charge < -0.3 is 13.9 Å². The van der Waals surface area contributed by atoms with E-state index in [0.717, 1.165) is 22.3 Å². The number of hydrogen-bond donors (Lipinski definition) is 0. The topological polar surface area (TPSA) is 48.7 Å². The minimum absolute atomic E-state index is 0.401. The Morgan fingerprint density at radius 2 is 1.96 bits per heavy atom. The highest BCUT2D eigenvalue weighted by atomic mass is 16.5. The Balaban J connectivity index is 2.08. The van der Waals surface area contributed by atoms with Crippen LogP contribution in [0.25, 0.3) is 28.4 Å². The summed E-state index contributed by atoms with van der Waals surface area (Å²) in [6.45, 7) is 2.04. The van der Waals surface area contributed by atoms with Crippen molar-refractivity contribution in [2.75, 3.05) is 14.2 Å². The Morgan fingerprint density at radius 3 is 2.67 bits per heavy atom. The van der Waals surface area contributed by atoms with Crippen LogP contribution in [-0.4, -0.2) is 20.2 Å². The van der Waals surface area contributed by atoms with Crippen molar-refractivity contribution >= 4 is 23.0 Å². The lowest BCUT2D eigenvalue weighted by Gasteiger charge is -2.02. The maximum Gasteiger partial charge on any atom is 0.330 e. The third-order valence-corrected chi connectivity index (χ3v) is 3.74. The van der Waals surface area contributed by atoms with Crippen molar-refractivity contribution in [3.05, 3.63) is 59.7 Å². The van der Waals surface area contributed by atoms with Crippen LogP contribution in [0.4, 0.5) is 0 Å². The van der Waals surface area contributed by atoms with Crippen LogP contribution in [0.5, 0.6) is 5.75 Å². The van der Waals surface area contributed by atoms with Crippen molar-refractivity contribution < 1.29 is 18.7 Å². The molecule has 0 bridgehead atoms. The number of hydrogen-bond acceptors (Lipinski definition) is 4. The molecular weight excluding hydrogens is 304 g/mol. The number of methoxy groups -OCH3 is 2. The third-order valence-electron chi connectivity index (χ3n) is 3.74. The monoisotopic (exact) mass is 322 g/mol. The number of rotatable bonds is 4. The van der Waals surface area contributed by atoms with Gasteiger partial charge in [0, 0.05) is 17.0 Å². The van der Waals surface area contributed by atoms with Crippen molar-refractivity contribution in [1.29, 1.82) is 0 Å². The molecule has 24 heavy (non-hydrogen) atoms. The highest BCUT2D eigenvalue weighted by Gasteiger charge is 2.12. The fourth-order valence-corrected chi connectivity index (χ4v) is 2.56. The van der Waals surface area contributed by atoms with Crippen LogP contribution in [0.1, 0.15) is 11.1 Å². The predicted octanol–water partition coefficient (Wildman–Crippen LogP) is 4.60. The van der Waals surface area contributed by atoms with Crippen LogP contribution in [0.3, 0.4) is 0 Å². The molecule has 0 aliphatic heterocycles. The number of carbonyl (C=O) groups is 1. The molecule has 0 spiro atoms. The average molecular weight is 322 g/mol. The average Bonchev–Trinajstić information content (AvgIpc) is 3.03. The van der Waals surface area contributed by atoms with Gasteiger partial charge in [-0.2, -0.15) is 0 Å². The standard InChI is InChI=1S/C20H18O4/c1-13-5-4-6-15(9-13)17-12-16-10-14(7-8-19(21)23-3)11-18(22-2)20(16)24-17/h4-12H,1-3H3/b8-7+. The van der Waals surface area contributed by atoms with Gasteiger partial charge in [-0.3, -0.25) is 0 Å². The Labute approximate surface area is 140 Å². The molecule has 0 N–H and O–H groups in total. The number of aryl methyl sites for hydroxylation is 1. The van der Waals surface area contributed by atoms with Crippen molar-refractivity contribution in [2.45, 2.75) is 6.92 Å². The summed E-state index contributed by atoms with van der Waals surface area (Å²) in [5.74, 6) is 0.999. The largest absolute Gasteiger partial charge is 0.493 e. The van der Waals surface area contributed by atoms with Gasteiger partial charge in [0.05, 0.1) is 14.2 Å². The quantitative estimate of drug-likeness (QED) is 0.520. The zero-order valence-electron chi connectivity index (χ0n) is 13.8. The predicted molar refractivity (Wildman–Crippen MR) is 94.0 cm³/mol. The molecule has 4 nitrogen and oxygen atoms in total. The molecule has 0 unspecified atom stereocenters. The number of fused-ring (bicyclic) bond motifs is 1. The zero-order valence-corrected chi connectivity index (χ0v) is 13.8. The minimum Gasteiger partial charge on any atom is -0.493 e. The number of benzene rings is 2. The smallest absolute Gasteiger partial charge is 0.330 e. The Bertz CT molecular complexity index is 919. The second kappa shape index (κ2) is 6.62. The van der Waals surface area contributed by atoms with Gasteiger partial charge in [-0.15, -0.1) is 0 Å². The van der Waals surface area contributed by atoms with Crippen molar-refractivity contribution in [3.8, 4) is 17.1 Å². The van der Waals surface area contributed by atoms with E-state index in [-0.39, 0.29) is 0 Å². The second-order valence-electron chi connectivity index (χ2n) is 5.48. The van der Waals surface area contributed by atoms with Gasteiger partial charge >= 0.3 is 5.97 Å². The molecule has 0 amide bonds. The summed E-state index contributed by atoms with van der Waals surface area (Å²) in [6.07, 6.45) is 3.06. The molecule has 0 saturated heterocycles. The summed E-state index contributed by atoms with van der Waals surface area (Å²) in [7, 11) is 2.94. The number of carbonyl (C=O) groups excluding carboxylic acids is 1. The lowest BCUT2D eigenvalue weighted by atomic mass is 10.1. The van der Waals surface area contributed by atoms with Crippen LogP contribution >= 0.6 is 0 Å². The highest BCUT2D eigenvalue weighted by Crippen LogP contribution is 2.35. The summed E-state index contributed by atoms with van der Waals surface area (Å²) in [6, 6.07) is 13.9. The third kappa shape index (κ3) is 3.18. The van der Waals surface area contributed by atoms with Gasteiger partial charge in [0.1, 0.15) is 5.76 Å². The van der Waals surface area contributed by atoms with E-state index in [1.165, 1.54) is 18.7 Å². The van der Waals surface area contributed by atoms with Crippen LogP contribution in [0.15, 0.2) is 53.0 Å². The van der Waals surface area contributed by atoms with Crippen LogP contribution < -0.4 is 4.74 Å². The Kier molecular flexibility index (Phi) is 4.38. The molecule has 4 heteroatoms.